The van der Waals surface area contributed by atoms with Gasteiger partial charge in [0.2, 0.25) is 0 Å². The predicted octanol–water partition coefficient (Wildman–Crippen LogP) is 0.310. The molecule has 0 radical (unpaired) electrons. The topological polar surface area (TPSA) is 97.8 Å². The summed E-state index contributed by atoms with van der Waals surface area (Å²) >= 11 is 0. The van der Waals surface area contributed by atoms with Crippen molar-refractivity contribution in [2.24, 2.45) is 0 Å². The average Bonchev–Trinajstić information content (AvgIpc) is 2.39. The van der Waals surface area contributed by atoms with Crippen molar-refractivity contribution in [3.8, 4) is 5.75 Å². The van der Waals surface area contributed by atoms with Crippen LogP contribution in [-0.2, 0) is 9.53 Å². The first-order chi connectivity index (χ1) is 9.04. The Morgan fingerprint density at radius 2 is 2.21 bits per heavy atom. The van der Waals surface area contributed by atoms with Crippen molar-refractivity contribution in [1.29, 1.82) is 0 Å². The third-order valence-corrected chi connectivity index (χ3v) is 2.24. The molecule has 7 heteroatoms. The molecular formula is C12H16N2O5. The van der Waals surface area contributed by atoms with Crippen molar-refractivity contribution >= 4 is 11.9 Å². The molecule has 0 bridgehead atoms. The van der Waals surface area contributed by atoms with E-state index in [0.717, 1.165) is 0 Å². The molecule has 0 saturated carbocycles. The van der Waals surface area contributed by atoms with Crippen LogP contribution in [0.2, 0.25) is 0 Å². The molecule has 0 aliphatic heterocycles. The first kappa shape index (κ1) is 14.9. The first-order valence-electron chi connectivity index (χ1n) is 5.67. The molecule has 1 heterocycles. The predicted molar refractivity (Wildman–Crippen MR) is 66.2 cm³/mol. The van der Waals surface area contributed by atoms with Gasteiger partial charge in [-0.15, -0.1) is 0 Å². The molecule has 1 amide bonds. The SMILES string of the molecule is COCCNC(=O)C(C)Oc1ccc(C(=O)O)nc1. The molecule has 0 saturated heterocycles. The fraction of sp³-hybridized carbons (Fsp3) is 0.417. The largest absolute Gasteiger partial charge is 0.479 e. The number of hydrogen-bond donors (Lipinski definition) is 2. The molecule has 1 rings (SSSR count). The van der Waals surface area contributed by atoms with Gasteiger partial charge >= 0.3 is 5.97 Å². The molecule has 1 aromatic rings. The molecule has 0 aromatic carbocycles. The van der Waals surface area contributed by atoms with E-state index in [1.54, 1.807) is 14.0 Å². The highest BCUT2D eigenvalue weighted by Gasteiger charge is 2.14. The summed E-state index contributed by atoms with van der Waals surface area (Å²) in [6.45, 7) is 2.42. The Morgan fingerprint density at radius 1 is 1.47 bits per heavy atom. The van der Waals surface area contributed by atoms with E-state index in [4.69, 9.17) is 14.6 Å². The van der Waals surface area contributed by atoms with Crippen LogP contribution in [0.3, 0.4) is 0 Å². The number of amides is 1. The minimum absolute atomic E-state index is 0.0791. The first-order valence-corrected chi connectivity index (χ1v) is 5.67. The van der Waals surface area contributed by atoms with E-state index in [9.17, 15) is 9.59 Å². The number of ether oxygens (including phenoxy) is 2. The number of carboxylic acid groups (broad SMARTS) is 1. The summed E-state index contributed by atoms with van der Waals surface area (Å²) in [5, 5.41) is 11.3. The van der Waals surface area contributed by atoms with Gasteiger partial charge < -0.3 is 19.9 Å². The quantitative estimate of drug-likeness (QED) is 0.691. The minimum atomic E-state index is -1.11. The monoisotopic (exact) mass is 268 g/mol. The van der Waals surface area contributed by atoms with Crippen LogP contribution in [0.5, 0.6) is 5.75 Å². The number of rotatable bonds is 7. The van der Waals surface area contributed by atoms with Gasteiger partial charge in [-0.05, 0) is 19.1 Å². The summed E-state index contributed by atoms with van der Waals surface area (Å²) in [5.41, 5.74) is -0.0791. The van der Waals surface area contributed by atoms with Crippen molar-refractivity contribution in [1.82, 2.24) is 10.3 Å². The maximum atomic E-state index is 11.6. The molecule has 7 nitrogen and oxygen atoms in total. The summed E-state index contributed by atoms with van der Waals surface area (Å²) in [7, 11) is 1.54. The lowest BCUT2D eigenvalue weighted by Crippen LogP contribution is -2.37. The summed E-state index contributed by atoms with van der Waals surface area (Å²) in [5.74, 6) is -1.06. The van der Waals surface area contributed by atoms with Crippen LogP contribution in [0.1, 0.15) is 17.4 Å². The number of aromatic nitrogens is 1. The van der Waals surface area contributed by atoms with Crippen LogP contribution in [0.4, 0.5) is 0 Å². The number of carbonyl (C=O) groups excluding carboxylic acids is 1. The fourth-order valence-corrected chi connectivity index (χ4v) is 1.25. The maximum absolute atomic E-state index is 11.6. The number of nitrogens with one attached hydrogen (secondary N) is 1. The van der Waals surface area contributed by atoms with Gasteiger partial charge in [0.15, 0.2) is 6.10 Å². The van der Waals surface area contributed by atoms with Gasteiger partial charge in [0.1, 0.15) is 11.4 Å². The van der Waals surface area contributed by atoms with Gasteiger partial charge in [-0.3, -0.25) is 4.79 Å². The molecule has 104 valence electrons. The zero-order chi connectivity index (χ0) is 14.3. The van der Waals surface area contributed by atoms with E-state index in [-0.39, 0.29) is 11.6 Å². The standard InChI is InChI=1S/C12H16N2O5/c1-8(11(15)13-5-6-18-2)19-9-3-4-10(12(16)17)14-7-9/h3-4,7-8H,5-6H2,1-2H3,(H,13,15)(H,16,17). The summed E-state index contributed by atoms with van der Waals surface area (Å²) in [6.07, 6.45) is 0.567. The molecule has 19 heavy (non-hydrogen) atoms. The van der Waals surface area contributed by atoms with Gasteiger partial charge in [-0.25, -0.2) is 9.78 Å². The summed E-state index contributed by atoms with van der Waals surface area (Å²) in [4.78, 5) is 25.9. The third kappa shape index (κ3) is 4.92. The van der Waals surface area contributed by atoms with Crippen LogP contribution in [0.15, 0.2) is 18.3 Å². The molecule has 1 aromatic heterocycles. The smallest absolute Gasteiger partial charge is 0.354 e. The van der Waals surface area contributed by atoms with Gasteiger partial charge in [-0.2, -0.15) is 0 Å². The number of nitrogens with zero attached hydrogens (tertiary/aromatic N) is 1. The number of pyridine rings is 1. The molecule has 2 N–H and O–H groups in total. The fourth-order valence-electron chi connectivity index (χ4n) is 1.25. The zero-order valence-corrected chi connectivity index (χ0v) is 10.8. The second-order valence-electron chi connectivity index (χ2n) is 3.73. The normalized spacial score (nSPS) is 11.7. The Hall–Kier alpha value is -2.15. The van der Waals surface area contributed by atoms with Crippen molar-refractivity contribution in [2.75, 3.05) is 20.3 Å². The van der Waals surface area contributed by atoms with E-state index in [0.29, 0.717) is 18.9 Å². The Labute approximate surface area is 110 Å². The average molecular weight is 268 g/mol. The van der Waals surface area contributed by atoms with E-state index >= 15 is 0 Å². The molecule has 0 spiro atoms. The van der Waals surface area contributed by atoms with E-state index in [1.807, 2.05) is 0 Å². The minimum Gasteiger partial charge on any atom is -0.479 e. The number of carboxylic acids is 1. The van der Waals surface area contributed by atoms with Crippen LogP contribution in [-0.4, -0.2) is 48.3 Å². The molecule has 0 aliphatic carbocycles. The molecule has 1 atom stereocenters. The Morgan fingerprint density at radius 3 is 2.74 bits per heavy atom. The van der Waals surface area contributed by atoms with E-state index in [2.05, 4.69) is 10.3 Å². The number of methoxy groups -OCH3 is 1. The second kappa shape index (κ2) is 7.32. The van der Waals surface area contributed by atoms with E-state index in [1.165, 1.54) is 18.3 Å². The van der Waals surface area contributed by atoms with Gasteiger partial charge in [0.05, 0.1) is 12.8 Å². The highest BCUT2D eigenvalue weighted by molar-refractivity contribution is 5.85. The molecule has 0 aliphatic rings. The lowest BCUT2D eigenvalue weighted by Gasteiger charge is -2.14. The van der Waals surface area contributed by atoms with Gasteiger partial charge in [0.25, 0.3) is 5.91 Å². The maximum Gasteiger partial charge on any atom is 0.354 e. The van der Waals surface area contributed by atoms with Crippen molar-refractivity contribution in [3.05, 3.63) is 24.0 Å². The Balaban J connectivity index is 2.49. The second-order valence-corrected chi connectivity index (χ2v) is 3.73. The van der Waals surface area contributed by atoms with E-state index < -0.39 is 12.1 Å². The van der Waals surface area contributed by atoms with Crippen LogP contribution in [0.25, 0.3) is 0 Å². The highest BCUT2D eigenvalue weighted by Crippen LogP contribution is 2.11. The molecular weight excluding hydrogens is 252 g/mol. The third-order valence-electron chi connectivity index (χ3n) is 2.24. The Kier molecular flexibility index (Phi) is 5.74. The summed E-state index contributed by atoms with van der Waals surface area (Å²) < 4.78 is 10.1. The van der Waals surface area contributed by atoms with Crippen molar-refractivity contribution in [2.45, 2.75) is 13.0 Å². The van der Waals surface area contributed by atoms with Crippen LogP contribution >= 0.6 is 0 Å². The van der Waals surface area contributed by atoms with Crippen molar-refractivity contribution in [3.63, 3.8) is 0 Å². The molecule has 1 unspecified atom stereocenters. The highest BCUT2D eigenvalue weighted by atomic mass is 16.5. The van der Waals surface area contributed by atoms with Gasteiger partial charge in [0, 0.05) is 13.7 Å². The van der Waals surface area contributed by atoms with Gasteiger partial charge in [-0.1, -0.05) is 0 Å². The number of aromatic carboxylic acids is 1. The summed E-state index contributed by atoms with van der Waals surface area (Å²) in [6, 6.07) is 2.77. The van der Waals surface area contributed by atoms with Crippen LogP contribution in [0, 0.1) is 0 Å². The Bertz CT molecular complexity index is 432. The van der Waals surface area contributed by atoms with Crippen molar-refractivity contribution < 1.29 is 24.2 Å². The van der Waals surface area contributed by atoms with Crippen LogP contribution < -0.4 is 10.1 Å². The zero-order valence-electron chi connectivity index (χ0n) is 10.8. The number of carbonyl (C=O) groups is 2. The number of hydrogen-bond acceptors (Lipinski definition) is 5. The lowest BCUT2D eigenvalue weighted by atomic mass is 10.3. The lowest BCUT2D eigenvalue weighted by molar-refractivity contribution is -0.127. The molecule has 0 fully saturated rings.